The Bertz CT molecular complexity index is 632. The quantitative estimate of drug-likeness (QED) is 0.342. The molecule has 0 saturated carbocycles. The van der Waals surface area contributed by atoms with Crippen molar-refractivity contribution in [3.63, 3.8) is 0 Å². The molecule has 0 aromatic heterocycles. The second kappa shape index (κ2) is 12.1. The van der Waals surface area contributed by atoms with E-state index in [1.165, 1.54) is 5.56 Å². The summed E-state index contributed by atoms with van der Waals surface area (Å²) in [7, 11) is 1.78. The molecule has 2 rings (SSSR count). The normalized spacial score (nSPS) is 16.9. The van der Waals surface area contributed by atoms with Crippen molar-refractivity contribution < 1.29 is 9.53 Å². The molecule has 1 unspecified atom stereocenters. The summed E-state index contributed by atoms with van der Waals surface area (Å²) in [6.07, 6.45) is 2.05. The van der Waals surface area contributed by atoms with Gasteiger partial charge in [-0.25, -0.2) is 0 Å². The molecule has 1 saturated heterocycles. The number of benzene rings is 1. The smallest absolute Gasteiger partial charge is 0.225 e. The average Bonchev–Trinajstić information content (AvgIpc) is 3.09. The fraction of sp³-hybridized carbons (Fsp3) is 0.619. The molecule has 1 fully saturated rings. The number of rotatable bonds is 7. The molecule has 1 aliphatic heterocycles. The molecule has 0 bridgehead atoms. The number of aliphatic imine (C=N–C) groups is 1. The Hall–Kier alpha value is -1.51. The van der Waals surface area contributed by atoms with Crippen LogP contribution in [0.5, 0.6) is 5.75 Å². The summed E-state index contributed by atoms with van der Waals surface area (Å²) >= 11 is 0. The Labute approximate surface area is 186 Å². The molecule has 6 nitrogen and oxygen atoms in total. The van der Waals surface area contributed by atoms with Crippen LogP contribution >= 0.6 is 24.0 Å². The van der Waals surface area contributed by atoms with E-state index in [-0.39, 0.29) is 47.9 Å². The van der Waals surface area contributed by atoms with Crippen molar-refractivity contribution in [2.45, 2.75) is 52.7 Å². The van der Waals surface area contributed by atoms with E-state index >= 15 is 0 Å². The van der Waals surface area contributed by atoms with Crippen molar-refractivity contribution in [3.8, 4) is 5.75 Å². The van der Waals surface area contributed by atoms with Gasteiger partial charge in [0.15, 0.2) is 5.96 Å². The van der Waals surface area contributed by atoms with E-state index in [4.69, 9.17) is 4.74 Å². The van der Waals surface area contributed by atoms with Gasteiger partial charge in [-0.1, -0.05) is 26.0 Å². The molecule has 0 spiro atoms. The number of carbonyl (C=O) groups excluding carboxylic acids is 1. The fourth-order valence-electron chi connectivity index (χ4n) is 3.16. The molecular formula is C21H35IN4O2. The minimum absolute atomic E-state index is 0. The van der Waals surface area contributed by atoms with Crippen LogP contribution in [0.4, 0.5) is 0 Å². The Balaban J connectivity index is 0.00000392. The topological polar surface area (TPSA) is 66.0 Å². The molecule has 0 radical (unpaired) electrons. The zero-order chi connectivity index (χ0) is 19.8. The van der Waals surface area contributed by atoms with Crippen LogP contribution in [-0.2, 0) is 11.2 Å². The van der Waals surface area contributed by atoms with Crippen LogP contribution in [-0.4, -0.2) is 55.6 Å². The van der Waals surface area contributed by atoms with Crippen LogP contribution in [0, 0.1) is 5.92 Å². The molecule has 1 aromatic carbocycles. The second-order valence-electron chi connectivity index (χ2n) is 7.63. The first-order valence-corrected chi connectivity index (χ1v) is 9.90. The van der Waals surface area contributed by atoms with Gasteiger partial charge in [-0.3, -0.25) is 9.79 Å². The molecule has 28 heavy (non-hydrogen) atoms. The number of carbonyl (C=O) groups is 1. The first-order chi connectivity index (χ1) is 12.9. The number of nitrogens with one attached hydrogen (secondary N) is 2. The van der Waals surface area contributed by atoms with Crippen LogP contribution < -0.4 is 15.4 Å². The molecule has 7 heteroatoms. The van der Waals surface area contributed by atoms with Gasteiger partial charge in [0.25, 0.3) is 0 Å². The lowest BCUT2D eigenvalue weighted by Crippen LogP contribution is -2.45. The van der Waals surface area contributed by atoms with Gasteiger partial charge in [0, 0.05) is 38.6 Å². The number of likely N-dealkylation sites (tertiary alicyclic amines) is 1. The molecule has 0 aliphatic carbocycles. The summed E-state index contributed by atoms with van der Waals surface area (Å²) in [5.41, 5.74) is 1.25. The molecule has 2 N–H and O–H groups in total. The van der Waals surface area contributed by atoms with Gasteiger partial charge in [-0.15, -0.1) is 24.0 Å². The van der Waals surface area contributed by atoms with Gasteiger partial charge in [0.2, 0.25) is 5.91 Å². The Kier molecular flexibility index (Phi) is 10.6. The number of hydrogen-bond donors (Lipinski definition) is 2. The largest absolute Gasteiger partial charge is 0.491 e. The minimum Gasteiger partial charge on any atom is -0.491 e. The summed E-state index contributed by atoms with van der Waals surface area (Å²) in [4.78, 5) is 18.3. The Morgan fingerprint density at radius 2 is 1.93 bits per heavy atom. The second-order valence-corrected chi connectivity index (χ2v) is 7.63. The molecule has 1 amide bonds. The van der Waals surface area contributed by atoms with Crippen LogP contribution in [0.3, 0.4) is 0 Å². The monoisotopic (exact) mass is 502 g/mol. The van der Waals surface area contributed by atoms with E-state index in [9.17, 15) is 4.79 Å². The highest BCUT2D eigenvalue weighted by Gasteiger charge is 2.27. The van der Waals surface area contributed by atoms with Gasteiger partial charge in [0.05, 0.1) is 6.10 Å². The van der Waals surface area contributed by atoms with Crippen LogP contribution in [0.25, 0.3) is 0 Å². The Morgan fingerprint density at radius 3 is 2.50 bits per heavy atom. The van der Waals surface area contributed by atoms with Crippen molar-refractivity contribution >= 4 is 35.8 Å². The van der Waals surface area contributed by atoms with E-state index in [0.29, 0.717) is 0 Å². The van der Waals surface area contributed by atoms with Crippen molar-refractivity contribution in [1.29, 1.82) is 0 Å². The lowest BCUT2D eigenvalue weighted by molar-refractivity contribution is -0.133. The predicted octanol–water partition coefficient (Wildman–Crippen LogP) is 3.06. The summed E-state index contributed by atoms with van der Waals surface area (Å²) in [6, 6.07) is 8.48. The number of nitrogens with zero attached hydrogens (tertiary/aromatic N) is 2. The molecule has 1 heterocycles. The maximum Gasteiger partial charge on any atom is 0.225 e. The lowest BCUT2D eigenvalue weighted by atomic mass is 10.1. The number of amides is 1. The summed E-state index contributed by atoms with van der Waals surface area (Å²) in [6.45, 7) is 10.3. The van der Waals surface area contributed by atoms with Gasteiger partial charge >= 0.3 is 0 Å². The van der Waals surface area contributed by atoms with Gasteiger partial charge in [-0.2, -0.15) is 0 Å². The zero-order valence-corrected chi connectivity index (χ0v) is 20.0. The minimum atomic E-state index is 0. The van der Waals surface area contributed by atoms with Gasteiger partial charge < -0.3 is 20.3 Å². The van der Waals surface area contributed by atoms with E-state index in [0.717, 1.165) is 44.2 Å². The molecule has 1 atom stereocenters. The molecule has 158 valence electrons. The van der Waals surface area contributed by atoms with Gasteiger partial charge in [-0.05, 0) is 44.4 Å². The van der Waals surface area contributed by atoms with Gasteiger partial charge in [0.1, 0.15) is 5.75 Å². The number of guanidine groups is 1. The Morgan fingerprint density at radius 1 is 1.25 bits per heavy atom. The van der Waals surface area contributed by atoms with E-state index < -0.39 is 0 Å². The number of halogens is 1. The maximum absolute atomic E-state index is 12.1. The lowest BCUT2D eigenvalue weighted by Gasteiger charge is -2.20. The third-order valence-corrected chi connectivity index (χ3v) is 4.56. The van der Waals surface area contributed by atoms with Crippen LogP contribution in [0.1, 0.15) is 39.7 Å². The van der Waals surface area contributed by atoms with Crippen LogP contribution in [0.15, 0.2) is 29.3 Å². The zero-order valence-electron chi connectivity index (χ0n) is 17.7. The van der Waals surface area contributed by atoms with E-state index in [1.807, 2.05) is 44.7 Å². The molecule has 1 aliphatic rings. The number of ether oxygens (including phenoxy) is 1. The summed E-state index contributed by atoms with van der Waals surface area (Å²) < 4.78 is 5.67. The summed E-state index contributed by atoms with van der Waals surface area (Å²) in [5.74, 6) is 1.98. The highest BCUT2D eigenvalue weighted by atomic mass is 127. The standard InChI is InChI=1S/C21H34N4O2.HI/c1-15(2)20(26)25-13-11-18(14-25)24-21(22-5)23-12-10-17-6-8-19(9-7-17)27-16(3)4;/h6-9,15-16,18H,10-14H2,1-5H3,(H2,22,23,24);1H. The highest BCUT2D eigenvalue weighted by Crippen LogP contribution is 2.14. The summed E-state index contributed by atoms with van der Waals surface area (Å²) in [5, 5.41) is 6.79. The van der Waals surface area contributed by atoms with Crippen molar-refractivity contribution in [3.05, 3.63) is 29.8 Å². The van der Waals surface area contributed by atoms with Crippen LogP contribution in [0.2, 0.25) is 0 Å². The van der Waals surface area contributed by atoms with E-state index in [1.54, 1.807) is 7.05 Å². The molecular weight excluding hydrogens is 467 g/mol. The highest BCUT2D eigenvalue weighted by molar-refractivity contribution is 14.0. The fourth-order valence-corrected chi connectivity index (χ4v) is 3.16. The average molecular weight is 502 g/mol. The van der Waals surface area contributed by atoms with Crippen molar-refractivity contribution in [2.75, 3.05) is 26.7 Å². The van der Waals surface area contributed by atoms with Crippen molar-refractivity contribution in [1.82, 2.24) is 15.5 Å². The van der Waals surface area contributed by atoms with E-state index in [2.05, 4.69) is 27.8 Å². The van der Waals surface area contributed by atoms with Crippen molar-refractivity contribution in [2.24, 2.45) is 10.9 Å². The predicted molar refractivity (Wildman–Crippen MR) is 126 cm³/mol. The third kappa shape index (κ3) is 7.85. The third-order valence-electron chi connectivity index (χ3n) is 4.56. The number of hydrogen-bond acceptors (Lipinski definition) is 3. The molecule has 1 aromatic rings. The first-order valence-electron chi connectivity index (χ1n) is 9.90. The maximum atomic E-state index is 12.1. The first kappa shape index (κ1) is 24.5. The SMILES string of the molecule is CN=C(NCCc1ccc(OC(C)C)cc1)NC1CCN(C(=O)C(C)C)C1.I.